The van der Waals surface area contributed by atoms with Gasteiger partial charge in [-0.3, -0.25) is 9.44 Å². The molecule has 176 valence electrons. The predicted octanol–water partition coefficient (Wildman–Crippen LogP) is 4.46. The van der Waals surface area contributed by atoms with E-state index in [1.165, 1.54) is 38.5 Å². The number of ether oxygens (including phenoxy) is 2. The van der Waals surface area contributed by atoms with E-state index in [2.05, 4.69) is 9.44 Å². The van der Waals surface area contributed by atoms with Crippen molar-refractivity contribution >= 4 is 42.2 Å². The largest absolute Gasteiger partial charge is 0.495 e. The summed E-state index contributed by atoms with van der Waals surface area (Å²) in [5.74, 6) is 0.714. The lowest BCUT2D eigenvalue weighted by molar-refractivity contribution is 0.417. The molecule has 4 aromatic carbocycles. The van der Waals surface area contributed by atoms with Gasteiger partial charge in [0.05, 0.1) is 35.4 Å². The quantitative estimate of drug-likeness (QED) is 0.371. The third kappa shape index (κ3) is 4.50. The van der Waals surface area contributed by atoms with Crippen LogP contribution in [0.1, 0.15) is 0 Å². The van der Waals surface area contributed by atoms with E-state index in [0.29, 0.717) is 11.5 Å². The van der Waals surface area contributed by atoms with Crippen LogP contribution in [0.25, 0.3) is 10.8 Å². The number of hydrogen-bond acceptors (Lipinski definition) is 6. The van der Waals surface area contributed by atoms with Crippen LogP contribution in [0.2, 0.25) is 0 Å². The smallest absolute Gasteiger partial charge is 0.262 e. The Morgan fingerprint density at radius 2 is 0.912 bits per heavy atom. The highest BCUT2D eigenvalue weighted by atomic mass is 32.2. The number of sulfonamides is 2. The minimum Gasteiger partial charge on any atom is -0.495 e. The summed E-state index contributed by atoms with van der Waals surface area (Å²) < 4.78 is 68.6. The lowest BCUT2D eigenvalue weighted by Gasteiger charge is -2.15. The third-order valence-corrected chi connectivity index (χ3v) is 7.97. The van der Waals surface area contributed by atoms with Crippen molar-refractivity contribution in [2.24, 2.45) is 0 Å². The molecule has 10 heteroatoms. The van der Waals surface area contributed by atoms with Crippen molar-refractivity contribution in [3.8, 4) is 11.5 Å². The summed E-state index contributed by atoms with van der Waals surface area (Å²) in [6.07, 6.45) is 0. The number of nitrogens with one attached hydrogen (secondary N) is 2. The number of benzene rings is 4. The molecule has 0 amide bonds. The third-order valence-electron chi connectivity index (χ3n) is 5.12. The fourth-order valence-corrected chi connectivity index (χ4v) is 6.17. The summed E-state index contributed by atoms with van der Waals surface area (Å²) in [5.41, 5.74) is 0.534. The van der Waals surface area contributed by atoms with E-state index < -0.39 is 20.0 Å². The molecule has 0 unspecified atom stereocenters. The fourth-order valence-electron chi connectivity index (χ4n) is 3.58. The van der Waals surface area contributed by atoms with E-state index >= 15 is 0 Å². The Morgan fingerprint density at radius 3 is 1.29 bits per heavy atom. The first-order valence-corrected chi connectivity index (χ1v) is 13.1. The molecule has 0 heterocycles. The summed E-state index contributed by atoms with van der Waals surface area (Å²) in [6, 6.07) is 22.2. The monoisotopic (exact) mass is 498 g/mol. The number of fused-ring (bicyclic) bond motifs is 1. The second kappa shape index (κ2) is 9.24. The molecule has 0 spiro atoms. The molecule has 2 N–H and O–H groups in total. The summed E-state index contributed by atoms with van der Waals surface area (Å²) >= 11 is 0. The van der Waals surface area contributed by atoms with E-state index in [1.54, 1.807) is 60.7 Å². The minimum atomic E-state index is -4.07. The maximum absolute atomic E-state index is 13.3. The molecule has 0 bridgehead atoms. The zero-order valence-corrected chi connectivity index (χ0v) is 20.0. The van der Waals surface area contributed by atoms with Crippen LogP contribution in [0.15, 0.2) is 94.7 Å². The maximum atomic E-state index is 13.3. The average molecular weight is 499 g/mol. The first-order valence-electron chi connectivity index (χ1n) is 10.1. The van der Waals surface area contributed by atoms with Crippen LogP contribution in [-0.2, 0) is 20.0 Å². The summed E-state index contributed by atoms with van der Waals surface area (Å²) in [5, 5.41) is 0.514. The van der Waals surface area contributed by atoms with E-state index in [-0.39, 0.29) is 31.9 Å². The van der Waals surface area contributed by atoms with Gasteiger partial charge in [0.1, 0.15) is 11.5 Å². The number of para-hydroxylation sites is 4. The Morgan fingerprint density at radius 1 is 0.529 bits per heavy atom. The van der Waals surface area contributed by atoms with E-state index in [0.717, 1.165) is 0 Å². The van der Waals surface area contributed by atoms with Crippen molar-refractivity contribution in [1.82, 2.24) is 0 Å². The molecule has 0 aliphatic heterocycles. The predicted molar refractivity (Wildman–Crippen MR) is 132 cm³/mol. The average Bonchev–Trinajstić information content (AvgIpc) is 2.83. The molecule has 4 rings (SSSR count). The van der Waals surface area contributed by atoms with Crippen molar-refractivity contribution in [2.45, 2.75) is 9.79 Å². The van der Waals surface area contributed by atoms with Gasteiger partial charge in [-0.25, -0.2) is 16.8 Å². The topological polar surface area (TPSA) is 111 Å². The molecule has 0 aromatic heterocycles. The van der Waals surface area contributed by atoms with Crippen LogP contribution in [0.5, 0.6) is 11.5 Å². The van der Waals surface area contributed by atoms with E-state index in [4.69, 9.17) is 9.47 Å². The molecular weight excluding hydrogens is 476 g/mol. The zero-order chi connectivity index (χ0) is 24.3. The van der Waals surface area contributed by atoms with Gasteiger partial charge in [0.2, 0.25) is 0 Å². The highest BCUT2D eigenvalue weighted by Gasteiger charge is 2.24. The molecule has 0 saturated heterocycles. The highest BCUT2D eigenvalue weighted by molar-refractivity contribution is 7.93. The maximum Gasteiger partial charge on any atom is 0.262 e. The second-order valence-electron chi connectivity index (χ2n) is 7.22. The molecule has 4 aromatic rings. The summed E-state index contributed by atoms with van der Waals surface area (Å²) in [7, 11) is -5.26. The number of anilines is 2. The van der Waals surface area contributed by atoms with E-state index in [1.807, 2.05) is 0 Å². The van der Waals surface area contributed by atoms with Gasteiger partial charge in [-0.1, -0.05) is 48.5 Å². The van der Waals surface area contributed by atoms with Gasteiger partial charge in [-0.15, -0.1) is 0 Å². The lowest BCUT2D eigenvalue weighted by atomic mass is 10.1. The number of methoxy groups -OCH3 is 2. The van der Waals surface area contributed by atoms with Crippen LogP contribution in [0, 0.1) is 0 Å². The van der Waals surface area contributed by atoms with Crippen molar-refractivity contribution in [1.29, 1.82) is 0 Å². The first-order chi connectivity index (χ1) is 16.3. The molecular formula is C24H22N2O6S2. The minimum absolute atomic E-state index is 0.0646. The SMILES string of the molecule is COc1ccccc1NS(=O)(=O)c1cccc2c(S(=O)(=O)Nc3ccccc3OC)cccc12. The Bertz CT molecular complexity index is 1450. The van der Waals surface area contributed by atoms with Crippen LogP contribution in [0.4, 0.5) is 11.4 Å². The first kappa shape index (κ1) is 23.4. The van der Waals surface area contributed by atoms with Gasteiger partial charge in [-0.2, -0.15) is 0 Å². The van der Waals surface area contributed by atoms with Crippen molar-refractivity contribution in [3.05, 3.63) is 84.9 Å². The molecule has 0 radical (unpaired) electrons. The van der Waals surface area contributed by atoms with Crippen molar-refractivity contribution in [2.75, 3.05) is 23.7 Å². The van der Waals surface area contributed by atoms with Gasteiger partial charge in [0.25, 0.3) is 20.0 Å². The van der Waals surface area contributed by atoms with Crippen LogP contribution in [0.3, 0.4) is 0 Å². The standard InChI is InChI=1S/C24H22N2O6S2/c1-31-21-13-5-3-11-19(21)25-33(27,28)23-15-7-10-18-17(23)9-8-16-24(18)34(29,30)26-20-12-4-6-14-22(20)32-2/h3-16,25-26H,1-2H3. The molecule has 8 nitrogen and oxygen atoms in total. The number of rotatable bonds is 8. The molecule has 0 fully saturated rings. The summed E-state index contributed by atoms with van der Waals surface area (Å²) in [6.45, 7) is 0. The van der Waals surface area contributed by atoms with Crippen LogP contribution in [-0.4, -0.2) is 31.1 Å². The van der Waals surface area contributed by atoms with Gasteiger partial charge in [0, 0.05) is 10.8 Å². The zero-order valence-electron chi connectivity index (χ0n) is 18.3. The van der Waals surface area contributed by atoms with Crippen LogP contribution < -0.4 is 18.9 Å². The molecule has 0 saturated carbocycles. The normalized spacial score (nSPS) is 11.7. The molecule has 0 atom stereocenters. The molecule has 0 aliphatic rings. The van der Waals surface area contributed by atoms with Crippen molar-refractivity contribution in [3.63, 3.8) is 0 Å². The van der Waals surface area contributed by atoms with Crippen molar-refractivity contribution < 1.29 is 26.3 Å². The Kier molecular flexibility index (Phi) is 6.36. The molecule has 0 aliphatic carbocycles. The van der Waals surface area contributed by atoms with E-state index in [9.17, 15) is 16.8 Å². The Balaban J connectivity index is 1.80. The van der Waals surface area contributed by atoms with Gasteiger partial charge >= 0.3 is 0 Å². The Labute approximate surface area is 198 Å². The number of hydrogen-bond donors (Lipinski definition) is 2. The van der Waals surface area contributed by atoms with Crippen LogP contribution >= 0.6 is 0 Å². The van der Waals surface area contributed by atoms with Gasteiger partial charge in [0.15, 0.2) is 0 Å². The Hall–Kier alpha value is -3.76. The van der Waals surface area contributed by atoms with Gasteiger partial charge < -0.3 is 9.47 Å². The summed E-state index contributed by atoms with van der Waals surface area (Å²) in [4.78, 5) is -0.129. The fraction of sp³-hybridized carbons (Fsp3) is 0.0833. The molecule has 34 heavy (non-hydrogen) atoms. The highest BCUT2D eigenvalue weighted by Crippen LogP contribution is 2.33. The van der Waals surface area contributed by atoms with Gasteiger partial charge in [-0.05, 0) is 36.4 Å². The lowest BCUT2D eigenvalue weighted by Crippen LogP contribution is -2.16. The second-order valence-corrected chi connectivity index (χ2v) is 10.5.